The Bertz CT molecular complexity index is 9750. The lowest BCUT2D eigenvalue weighted by atomic mass is 10.0. The van der Waals surface area contributed by atoms with E-state index in [1.807, 2.05) is 18.2 Å². The Morgan fingerprint density at radius 1 is 0.159 bits per heavy atom. The fraction of sp³-hybridized carbons (Fsp3) is 0. The van der Waals surface area contributed by atoms with Crippen LogP contribution in [0.15, 0.2) is 433 Å². The lowest BCUT2D eigenvalue weighted by Crippen LogP contribution is -2.02. The van der Waals surface area contributed by atoms with Crippen LogP contribution in [0.2, 0.25) is 0 Å². The molecule has 0 saturated carbocycles. The van der Waals surface area contributed by atoms with Crippen LogP contribution in [-0.2, 0) is 0 Å². The molecule has 132 heavy (non-hydrogen) atoms. The van der Waals surface area contributed by atoms with Crippen LogP contribution in [-0.4, -0.2) is 48.2 Å². The zero-order valence-electron chi connectivity index (χ0n) is 70.7. The Kier molecular flexibility index (Phi) is 16.0. The van der Waals surface area contributed by atoms with Crippen molar-refractivity contribution in [2.75, 3.05) is 0 Å². The fourth-order valence-corrected chi connectivity index (χ4v) is 20.8. The fourth-order valence-electron chi connectivity index (χ4n) is 20.8. The van der Waals surface area contributed by atoms with Gasteiger partial charge in [0.05, 0.1) is 55.5 Å². The van der Waals surface area contributed by atoms with E-state index in [1.54, 1.807) is 0 Å². The number of rotatable bonds is 12. The highest BCUT2D eigenvalue weighted by Gasteiger charge is 2.28. The van der Waals surface area contributed by atoms with Crippen molar-refractivity contribution in [2.24, 2.45) is 0 Å². The summed E-state index contributed by atoms with van der Waals surface area (Å²) in [5, 5.41) is 19.5. The predicted octanol–water partition coefficient (Wildman–Crippen LogP) is 31.0. The van der Waals surface area contributed by atoms with Crippen molar-refractivity contribution in [3.05, 3.63) is 425 Å². The average Bonchev–Trinajstić information content (AvgIpc) is 1.55. The standard InChI is InChI=1S/C120H70N10O2/c1-3-25-71(26-4-1)72-49-51-74(52-50-72)115-121-116(123-118(122-115)83-65-99-91-41-16-21-47-111(91)131-113(99)109(69-83)129-103-46-20-15-40-90(103)96-60-76-28-7-9-30-78(76)67-107(96)129)81-55-58-105-95(63-81)89-39-14-19-45-102(89)128(105)86-36-23-33-75(59-86)80-53-56-106-97(62-80)98-61-77-29-8-10-31-79(77)68-108(98)130(106)110-70-84(66-100-92-42-17-22-48-112(92)132-114(100)110)119-124-117(125-120(126-119)93-43-24-32-73-27-11-12-37-87(73)93)82-54-57-104-94(64-82)88-38-13-18-44-101(88)127(104)85-34-5-2-6-35-85/h1-70H. The molecule has 28 rings (SSSR count). The molecule has 0 amide bonds. The topological polar surface area (TPSA) is 123 Å². The van der Waals surface area contributed by atoms with E-state index in [2.05, 4.69) is 425 Å². The third-order valence-electron chi connectivity index (χ3n) is 27.0. The first-order valence-electron chi connectivity index (χ1n) is 44.6. The molecular formula is C120H70N10O2. The van der Waals surface area contributed by atoms with Crippen LogP contribution in [0.5, 0.6) is 0 Å². The number of nitrogens with zero attached hydrogens (tertiary/aromatic N) is 10. The average molecular weight is 1680 g/mol. The van der Waals surface area contributed by atoms with Crippen LogP contribution >= 0.6 is 0 Å². The van der Waals surface area contributed by atoms with Gasteiger partial charge in [-0.1, -0.05) is 273 Å². The Hall–Kier alpha value is -18.0. The zero-order valence-corrected chi connectivity index (χ0v) is 70.7. The second-order valence-electron chi connectivity index (χ2n) is 34.4. The molecule has 0 N–H and O–H groups in total. The molecule has 20 aromatic carbocycles. The van der Waals surface area contributed by atoms with Crippen LogP contribution in [0.3, 0.4) is 0 Å². The van der Waals surface area contributed by atoms with Crippen molar-refractivity contribution >= 4 is 163 Å². The third-order valence-corrected chi connectivity index (χ3v) is 27.0. The van der Waals surface area contributed by atoms with Gasteiger partial charge in [-0.2, -0.15) is 0 Å². The molecule has 612 valence electrons. The summed E-state index contributed by atoms with van der Waals surface area (Å²) in [7, 11) is 0. The minimum Gasteiger partial charge on any atom is -0.454 e. The molecule has 0 fully saturated rings. The highest BCUT2D eigenvalue weighted by Crippen LogP contribution is 2.48. The maximum absolute atomic E-state index is 7.19. The van der Waals surface area contributed by atoms with Gasteiger partial charge in [0.1, 0.15) is 11.2 Å². The first-order chi connectivity index (χ1) is 65.4. The number of furan rings is 2. The van der Waals surface area contributed by atoms with Gasteiger partial charge in [-0.3, -0.25) is 0 Å². The highest BCUT2D eigenvalue weighted by atomic mass is 16.3. The number of hydrogen-bond acceptors (Lipinski definition) is 8. The number of aromatic nitrogens is 10. The molecule has 0 atom stereocenters. The normalized spacial score (nSPS) is 12.1. The van der Waals surface area contributed by atoms with Gasteiger partial charge < -0.3 is 27.1 Å². The van der Waals surface area contributed by atoms with E-state index in [9.17, 15) is 0 Å². The Morgan fingerprint density at radius 3 is 1.04 bits per heavy atom. The number of hydrogen-bond donors (Lipinski definition) is 0. The van der Waals surface area contributed by atoms with E-state index in [1.165, 1.54) is 5.39 Å². The SMILES string of the molecule is c1ccc(-c2ccc(-c3nc(-c4cc(-n5c6ccccc6c6cc7ccccc7cc65)c5oc6ccccc6c5c4)nc(-c4ccc5c(c4)c4ccccc4n5-c4cccc(-c5ccc6c(c5)c5cc7ccccc7cc5n6-c5cc(-c6nc(-c7ccc8c(c7)c7ccccc7n8-c7ccccc7)nc(-c7cccc8ccccc78)n6)cc6c5oc5ccccc56)c4)n3)cc2)cc1. The molecule has 0 radical (unpaired) electrons. The van der Waals surface area contributed by atoms with Gasteiger partial charge in [0.2, 0.25) is 0 Å². The van der Waals surface area contributed by atoms with Gasteiger partial charge in [-0.05, 0) is 206 Å². The van der Waals surface area contributed by atoms with Gasteiger partial charge >= 0.3 is 0 Å². The minimum atomic E-state index is 0.530. The van der Waals surface area contributed by atoms with Gasteiger partial charge in [-0.25, -0.2) is 29.9 Å². The molecule has 0 bridgehead atoms. The smallest absolute Gasteiger partial charge is 0.164 e. The van der Waals surface area contributed by atoms with E-state index in [0.29, 0.717) is 34.9 Å². The van der Waals surface area contributed by atoms with E-state index in [4.69, 9.17) is 38.7 Å². The van der Waals surface area contributed by atoms with Gasteiger partial charge in [0, 0.05) is 109 Å². The lowest BCUT2D eigenvalue weighted by Gasteiger charge is -2.14. The number of para-hydroxylation sites is 6. The Balaban J connectivity index is 0.595. The van der Waals surface area contributed by atoms with Crippen molar-refractivity contribution in [3.8, 4) is 113 Å². The number of benzene rings is 20. The maximum Gasteiger partial charge on any atom is 0.164 e. The summed E-state index contributed by atoms with van der Waals surface area (Å²) >= 11 is 0. The van der Waals surface area contributed by atoms with Gasteiger partial charge in [0.25, 0.3) is 0 Å². The molecule has 0 aliphatic carbocycles. The van der Waals surface area contributed by atoms with E-state index in [0.717, 1.165) is 236 Å². The van der Waals surface area contributed by atoms with Crippen LogP contribution in [0.4, 0.5) is 0 Å². The summed E-state index contributed by atoms with van der Waals surface area (Å²) in [5.74, 6) is 3.29. The largest absolute Gasteiger partial charge is 0.454 e. The quantitative estimate of drug-likeness (QED) is 0.118. The van der Waals surface area contributed by atoms with Crippen LogP contribution in [0, 0.1) is 0 Å². The molecule has 0 spiro atoms. The van der Waals surface area contributed by atoms with Crippen molar-refractivity contribution in [1.29, 1.82) is 0 Å². The first-order valence-corrected chi connectivity index (χ1v) is 44.6. The van der Waals surface area contributed by atoms with Gasteiger partial charge in [-0.15, -0.1) is 0 Å². The van der Waals surface area contributed by atoms with E-state index >= 15 is 0 Å². The summed E-state index contributed by atoms with van der Waals surface area (Å²) in [4.78, 5) is 33.3. The summed E-state index contributed by atoms with van der Waals surface area (Å²) < 4.78 is 23.7. The van der Waals surface area contributed by atoms with Crippen LogP contribution in [0.25, 0.3) is 277 Å². The molecule has 12 heteroatoms. The molecule has 0 unspecified atom stereocenters. The third kappa shape index (κ3) is 11.5. The molecule has 8 aromatic heterocycles. The van der Waals surface area contributed by atoms with E-state index in [-0.39, 0.29) is 0 Å². The van der Waals surface area contributed by atoms with Crippen molar-refractivity contribution in [3.63, 3.8) is 0 Å². The van der Waals surface area contributed by atoms with Crippen molar-refractivity contribution in [1.82, 2.24) is 48.2 Å². The van der Waals surface area contributed by atoms with Crippen molar-refractivity contribution in [2.45, 2.75) is 0 Å². The second kappa shape index (κ2) is 28.8. The van der Waals surface area contributed by atoms with Crippen molar-refractivity contribution < 1.29 is 8.83 Å². The summed E-state index contributed by atoms with van der Waals surface area (Å²) in [6, 6.07) is 152. The molecule has 28 aromatic rings. The van der Waals surface area contributed by atoms with Crippen LogP contribution in [0.1, 0.15) is 0 Å². The predicted molar refractivity (Wildman–Crippen MR) is 541 cm³/mol. The lowest BCUT2D eigenvalue weighted by molar-refractivity contribution is 0.666. The first kappa shape index (κ1) is 73.2. The molecule has 0 aliphatic rings. The number of fused-ring (bicyclic) bond motifs is 21. The Labute approximate surface area is 753 Å². The summed E-state index contributed by atoms with van der Waals surface area (Å²) in [6.07, 6.45) is 0. The molecule has 12 nitrogen and oxygen atoms in total. The molecule has 8 heterocycles. The van der Waals surface area contributed by atoms with E-state index < -0.39 is 0 Å². The summed E-state index contributed by atoms with van der Waals surface area (Å²) in [6.45, 7) is 0. The minimum absolute atomic E-state index is 0.530. The molecule has 0 saturated heterocycles. The van der Waals surface area contributed by atoms with Crippen LogP contribution < -0.4 is 0 Å². The Morgan fingerprint density at radius 2 is 0.485 bits per heavy atom. The monoisotopic (exact) mass is 1680 g/mol. The second-order valence-corrected chi connectivity index (χ2v) is 34.4. The molecule has 0 aliphatic heterocycles. The molecular weight excluding hydrogens is 1610 g/mol. The highest BCUT2D eigenvalue weighted by molar-refractivity contribution is 6.20. The zero-order chi connectivity index (χ0) is 86.3. The van der Waals surface area contributed by atoms with Gasteiger partial charge in [0.15, 0.2) is 46.1 Å². The summed E-state index contributed by atoms with van der Waals surface area (Å²) in [5.41, 5.74) is 24.9. The maximum atomic E-state index is 7.19.